The summed E-state index contributed by atoms with van der Waals surface area (Å²) in [6, 6.07) is 6.83. The van der Waals surface area contributed by atoms with E-state index in [2.05, 4.69) is 11.1 Å². The molecule has 2 N–H and O–H groups in total. The number of rotatable bonds is 7. The van der Waals surface area contributed by atoms with Gasteiger partial charge in [0.15, 0.2) is 0 Å². The van der Waals surface area contributed by atoms with Crippen LogP contribution < -0.4 is 15.0 Å². The third-order valence-electron chi connectivity index (χ3n) is 6.14. The predicted octanol–water partition coefficient (Wildman–Crippen LogP) is 2.86. The summed E-state index contributed by atoms with van der Waals surface area (Å²) >= 11 is 0. The van der Waals surface area contributed by atoms with E-state index >= 15 is 0 Å². The number of pyridine rings is 2. The molecule has 2 aromatic rings. The van der Waals surface area contributed by atoms with Crippen LogP contribution in [0.5, 0.6) is 5.75 Å². The van der Waals surface area contributed by atoms with Gasteiger partial charge in [0.2, 0.25) is 17.9 Å². The minimum atomic E-state index is -0.689. The van der Waals surface area contributed by atoms with Gasteiger partial charge in [-0.25, -0.2) is 9.78 Å². The van der Waals surface area contributed by atoms with E-state index in [-0.39, 0.29) is 16.2 Å². The third-order valence-corrected chi connectivity index (χ3v) is 6.14. The molecule has 0 aliphatic carbocycles. The van der Waals surface area contributed by atoms with Crippen LogP contribution in [0.25, 0.3) is 0 Å². The van der Waals surface area contributed by atoms with Gasteiger partial charge in [0.1, 0.15) is 36.2 Å². The normalized spacial score (nSPS) is 22.1. The maximum atomic E-state index is 13.0. The fourth-order valence-electron chi connectivity index (χ4n) is 4.45. The lowest BCUT2D eigenvalue weighted by molar-refractivity contribution is -0.108. The van der Waals surface area contributed by atoms with E-state index in [1.807, 2.05) is 12.1 Å². The number of nitrogens with two attached hydrogens (primary N) is 1. The number of hydrogen-bond donors (Lipinski definition) is 1. The zero-order valence-corrected chi connectivity index (χ0v) is 18.8. The van der Waals surface area contributed by atoms with Gasteiger partial charge in [0.05, 0.1) is 18.4 Å². The fraction of sp³-hybridized carbons (Fsp3) is 0.478. The molecule has 1 saturated heterocycles. The number of hydrogen-bond acceptors (Lipinski definition) is 8. The van der Waals surface area contributed by atoms with Crippen molar-refractivity contribution in [2.75, 3.05) is 34.0 Å². The van der Waals surface area contributed by atoms with Crippen LogP contribution in [0.4, 0.5) is 16.4 Å². The first-order chi connectivity index (χ1) is 16.0. The van der Waals surface area contributed by atoms with E-state index in [1.54, 1.807) is 6.07 Å². The number of carbonyl (C=O) groups is 1. The summed E-state index contributed by atoms with van der Waals surface area (Å²) in [5.74, 6) is 1.17. The van der Waals surface area contributed by atoms with Gasteiger partial charge in [-0.05, 0) is 31.4 Å². The molecule has 0 saturated carbocycles. The Hall–Kier alpha value is -3.10. The molecule has 174 valence electrons. The third kappa shape index (κ3) is 4.28. The van der Waals surface area contributed by atoms with Gasteiger partial charge < -0.3 is 24.7 Å². The number of aromatic nitrogens is 2. The maximum Gasteiger partial charge on any atom is 0.426 e. The summed E-state index contributed by atoms with van der Waals surface area (Å²) in [6.07, 6.45) is 4.05. The van der Waals surface area contributed by atoms with E-state index in [0.29, 0.717) is 49.3 Å². The average Bonchev–Trinajstić information content (AvgIpc) is 3.36. The van der Waals surface area contributed by atoms with E-state index in [9.17, 15) is 10.1 Å². The van der Waals surface area contributed by atoms with Crippen molar-refractivity contribution in [3.05, 3.63) is 41.2 Å². The van der Waals surface area contributed by atoms with Gasteiger partial charge in [-0.3, -0.25) is 0 Å². The molecule has 2 aliphatic heterocycles. The molecule has 2 unspecified atom stereocenters. The number of nitriles is 1. The number of urea groups is 1. The number of aryl methyl sites for hydroxylation is 1. The van der Waals surface area contributed by atoms with Gasteiger partial charge in [-0.2, -0.15) is 10.2 Å². The van der Waals surface area contributed by atoms with Crippen molar-refractivity contribution < 1.29 is 23.7 Å². The van der Waals surface area contributed by atoms with Crippen LogP contribution in [0.15, 0.2) is 24.4 Å². The molecule has 10 nitrogen and oxygen atoms in total. The van der Waals surface area contributed by atoms with Gasteiger partial charge >= 0.3 is 6.03 Å². The molecule has 0 radical (unpaired) electrons. The first-order valence-corrected chi connectivity index (χ1v) is 10.9. The highest BCUT2D eigenvalue weighted by Gasteiger charge is 2.47. The molecule has 0 bridgehead atoms. The van der Waals surface area contributed by atoms with Crippen LogP contribution in [-0.2, 0) is 20.6 Å². The lowest BCUT2D eigenvalue weighted by Gasteiger charge is -2.35. The molecule has 0 spiro atoms. The number of nitrogens with zero attached hydrogens (tertiary/aromatic N) is 4. The highest BCUT2D eigenvalue weighted by atomic mass is 16.7. The van der Waals surface area contributed by atoms with Gasteiger partial charge in [-0.15, -0.1) is 4.48 Å². The van der Waals surface area contributed by atoms with Gasteiger partial charge in [0, 0.05) is 32.8 Å². The predicted molar refractivity (Wildman–Crippen MR) is 119 cm³/mol. The SMILES string of the molecule is COC(OC)c1ccc2c(n1)[N+](C(N)=O)(c1cc(OCC3CCCO3)c(C#N)cn1)CCC2. The van der Waals surface area contributed by atoms with Crippen LogP contribution in [0, 0.1) is 11.3 Å². The average molecular weight is 455 g/mol. The number of carbonyl (C=O) groups excluding carboxylic acids is 1. The first-order valence-electron chi connectivity index (χ1n) is 10.9. The summed E-state index contributed by atoms with van der Waals surface area (Å²) < 4.78 is 21.9. The number of quaternary nitrogens is 1. The van der Waals surface area contributed by atoms with Crippen LogP contribution in [0.1, 0.15) is 42.4 Å². The molecule has 0 aromatic carbocycles. The number of methoxy groups -OCH3 is 2. The van der Waals surface area contributed by atoms with Crippen LogP contribution in [-0.4, -0.2) is 56.1 Å². The van der Waals surface area contributed by atoms with Crippen molar-refractivity contribution in [1.82, 2.24) is 14.5 Å². The van der Waals surface area contributed by atoms with Gasteiger partial charge in [0.25, 0.3) is 0 Å². The monoisotopic (exact) mass is 454 g/mol. The Morgan fingerprint density at radius 1 is 1.36 bits per heavy atom. The standard InChI is InChI=1S/C23H27N5O5/c1-30-22(31-2)18-8-7-15-5-3-9-28(23(25)29,21(15)27-18)20-11-19(16(12-24)13-26-20)33-14-17-6-4-10-32-17/h7-8,11,13,17,22H,3-6,9-10,14H2,1-2H3,(H-,25,29)/p+1. The highest BCUT2D eigenvalue weighted by Crippen LogP contribution is 2.41. The van der Waals surface area contributed by atoms with Crippen LogP contribution >= 0.6 is 0 Å². The van der Waals surface area contributed by atoms with Crippen molar-refractivity contribution in [2.45, 2.75) is 38.1 Å². The lowest BCUT2D eigenvalue weighted by atomic mass is 10.0. The summed E-state index contributed by atoms with van der Waals surface area (Å²) in [7, 11) is 3.04. The van der Waals surface area contributed by atoms with E-state index in [4.69, 9.17) is 29.7 Å². The number of ether oxygens (including phenoxy) is 4. The fourth-order valence-corrected chi connectivity index (χ4v) is 4.45. The summed E-state index contributed by atoms with van der Waals surface area (Å²) in [5.41, 5.74) is 7.69. The Morgan fingerprint density at radius 2 is 2.18 bits per heavy atom. The Labute approximate surface area is 192 Å². The summed E-state index contributed by atoms with van der Waals surface area (Å²) in [6.45, 7) is 1.40. The second-order valence-electron chi connectivity index (χ2n) is 8.09. The molecule has 4 heterocycles. The topological polar surface area (TPSA) is 130 Å². The minimum absolute atomic E-state index is 0.0209. The molecule has 2 aliphatic rings. The Bertz CT molecular complexity index is 1060. The molecular weight excluding hydrogens is 426 g/mol. The highest BCUT2D eigenvalue weighted by molar-refractivity contribution is 5.92. The van der Waals surface area contributed by atoms with Crippen molar-refractivity contribution in [1.29, 1.82) is 5.26 Å². The molecule has 10 heteroatoms. The zero-order valence-electron chi connectivity index (χ0n) is 18.8. The van der Waals surface area contributed by atoms with Crippen molar-refractivity contribution in [2.24, 2.45) is 5.73 Å². The Morgan fingerprint density at radius 3 is 2.85 bits per heavy atom. The quantitative estimate of drug-likeness (QED) is 0.499. The van der Waals surface area contributed by atoms with E-state index < -0.39 is 12.3 Å². The van der Waals surface area contributed by atoms with Gasteiger partial charge in [-0.1, -0.05) is 0 Å². The second-order valence-corrected chi connectivity index (χ2v) is 8.09. The number of amides is 2. The lowest BCUT2D eigenvalue weighted by Crippen LogP contribution is -2.56. The first kappa shape index (κ1) is 23.1. The molecule has 33 heavy (non-hydrogen) atoms. The summed E-state index contributed by atoms with van der Waals surface area (Å²) in [5, 5.41) is 9.56. The van der Waals surface area contributed by atoms with E-state index in [1.165, 1.54) is 20.4 Å². The Balaban J connectivity index is 1.79. The van der Waals surface area contributed by atoms with Crippen molar-refractivity contribution in [3.63, 3.8) is 0 Å². The summed E-state index contributed by atoms with van der Waals surface area (Å²) in [4.78, 5) is 22.2. The second kappa shape index (κ2) is 9.80. The zero-order chi connectivity index (χ0) is 23.4. The molecule has 2 amide bonds. The van der Waals surface area contributed by atoms with Crippen molar-refractivity contribution >= 4 is 17.7 Å². The molecule has 2 atom stereocenters. The molecule has 4 rings (SSSR count). The Kier molecular flexibility index (Phi) is 6.85. The number of fused-ring (bicyclic) bond motifs is 1. The van der Waals surface area contributed by atoms with Crippen molar-refractivity contribution in [3.8, 4) is 11.8 Å². The van der Waals surface area contributed by atoms with Crippen LogP contribution in [0.2, 0.25) is 0 Å². The maximum absolute atomic E-state index is 13.0. The smallest absolute Gasteiger partial charge is 0.426 e. The molecule has 1 fully saturated rings. The number of primary amides is 1. The molecule has 2 aromatic heterocycles. The van der Waals surface area contributed by atoms with Crippen LogP contribution in [0.3, 0.4) is 0 Å². The largest absolute Gasteiger partial charge is 0.489 e. The minimum Gasteiger partial charge on any atom is -0.489 e. The van der Waals surface area contributed by atoms with E-state index in [0.717, 1.165) is 24.8 Å². The molecular formula is C23H28N5O5+.